The summed E-state index contributed by atoms with van der Waals surface area (Å²) in [7, 11) is 0. The lowest BCUT2D eigenvalue weighted by Crippen LogP contribution is -2.50. The van der Waals surface area contributed by atoms with Crippen LogP contribution in [-0.4, -0.2) is 14.8 Å². The average Bonchev–Trinajstić information content (AvgIpc) is 2.75. The molecular formula is C16H25N3. The van der Waals surface area contributed by atoms with Gasteiger partial charge in [-0.15, -0.1) is 10.2 Å². The smallest absolute Gasteiger partial charge is 0.139 e. The van der Waals surface area contributed by atoms with Crippen LogP contribution >= 0.6 is 0 Å². The van der Waals surface area contributed by atoms with Gasteiger partial charge in [-0.3, -0.25) is 0 Å². The molecule has 19 heavy (non-hydrogen) atoms. The first-order chi connectivity index (χ1) is 8.96. The van der Waals surface area contributed by atoms with Crippen LogP contribution < -0.4 is 0 Å². The lowest BCUT2D eigenvalue weighted by Gasteiger charge is -2.56. The van der Waals surface area contributed by atoms with Gasteiger partial charge >= 0.3 is 0 Å². The van der Waals surface area contributed by atoms with Crippen molar-refractivity contribution in [2.75, 3.05) is 0 Å². The van der Waals surface area contributed by atoms with Crippen LogP contribution in [0.2, 0.25) is 0 Å². The van der Waals surface area contributed by atoms with Gasteiger partial charge < -0.3 is 4.57 Å². The Bertz CT molecular complexity index is 459. The SMILES string of the molecule is CC(C)(C)n1cnnc1C12CC3CC(CC(C3)C1)C2. The van der Waals surface area contributed by atoms with Crippen molar-refractivity contribution in [3.8, 4) is 0 Å². The lowest BCUT2D eigenvalue weighted by molar-refractivity contribution is -0.0126. The van der Waals surface area contributed by atoms with Gasteiger partial charge in [0.05, 0.1) is 0 Å². The van der Waals surface area contributed by atoms with Gasteiger partial charge in [-0.25, -0.2) is 0 Å². The summed E-state index contributed by atoms with van der Waals surface area (Å²) in [5, 5.41) is 8.84. The molecule has 0 atom stereocenters. The highest BCUT2D eigenvalue weighted by Crippen LogP contribution is 2.60. The van der Waals surface area contributed by atoms with Gasteiger partial charge in [0.1, 0.15) is 12.2 Å². The maximum atomic E-state index is 4.59. The minimum Gasteiger partial charge on any atom is -0.312 e. The highest BCUT2D eigenvalue weighted by molar-refractivity contribution is 5.18. The van der Waals surface area contributed by atoms with Gasteiger partial charge in [0.2, 0.25) is 0 Å². The van der Waals surface area contributed by atoms with Crippen molar-refractivity contribution < 1.29 is 0 Å². The van der Waals surface area contributed by atoms with Crippen molar-refractivity contribution in [2.45, 2.75) is 70.3 Å². The van der Waals surface area contributed by atoms with Gasteiger partial charge in [0, 0.05) is 11.0 Å². The van der Waals surface area contributed by atoms with Crippen LogP contribution in [0.15, 0.2) is 6.33 Å². The van der Waals surface area contributed by atoms with Crippen molar-refractivity contribution in [3.05, 3.63) is 12.2 Å². The zero-order valence-corrected chi connectivity index (χ0v) is 12.4. The lowest BCUT2D eigenvalue weighted by atomic mass is 9.49. The number of hydrogen-bond donors (Lipinski definition) is 0. The normalized spacial score (nSPS) is 40.9. The van der Waals surface area contributed by atoms with Gasteiger partial charge in [-0.05, 0) is 77.0 Å². The molecule has 5 rings (SSSR count). The first-order valence-corrected chi connectivity index (χ1v) is 7.87. The molecule has 0 amide bonds. The zero-order valence-electron chi connectivity index (χ0n) is 12.4. The van der Waals surface area contributed by atoms with Gasteiger partial charge in [0.15, 0.2) is 0 Å². The van der Waals surface area contributed by atoms with Crippen LogP contribution in [0.1, 0.15) is 65.1 Å². The van der Waals surface area contributed by atoms with Crippen LogP contribution in [0.25, 0.3) is 0 Å². The molecule has 3 nitrogen and oxygen atoms in total. The van der Waals surface area contributed by atoms with Crippen LogP contribution in [0.3, 0.4) is 0 Å². The first kappa shape index (κ1) is 11.9. The Kier molecular flexibility index (Phi) is 2.27. The molecule has 0 saturated heterocycles. The molecule has 1 aromatic rings. The summed E-state index contributed by atoms with van der Waals surface area (Å²) in [4.78, 5) is 0. The minimum absolute atomic E-state index is 0.0994. The molecule has 4 fully saturated rings. The first-order valence-electron chi connectivity index (χ1n) is 7.87. The monoisotopic (exact) mass is 259 g/mol. The molecule has 4 bridgehead atoms. The number of rotatable bonds is 1. The topological polar surface area (TPSA) is 30.7 Å². The molecule has 0 radical (unpaired) electrons. The fourth-order valence-corrected chi connectivity index (χ4v) is 5.47. The molecule has 104 valence electrons. The van der Waals surface area contributed by atoms with E-state index in [1.54, 1.807) is 0 Å². The molecule has 0 unspecified atom stereocenters. The molecule has 0 aromatic carbocycles. The van der Waals surface area contributed by atoms with Crippen LogP contribution in [-0.2, 0) is 11.0 Å². The quantitative estimate of drug-likeness (QED) is 0.773. The predicted octanol–water partition coefficient (Wildman–Crippen LogP) is 3.50. The number of nitrogens with zero attached hydrogens (tertiary/aromatic N) is 3. The highest BCUT2D eigenvalue weighted by Gasteiger charge is 2.54. The van der Waals surface area contributed by atoms with Crippen molar-refractivity contribution in [1.29, 1.82) is 0 Å². The van der Waals surface area contributed by atoms with Crippen molar-refractivity contribution >= 4 is 0 Å². The second-order valence-corrected chi connectivity index (χ2v) is 8.39. The minimum atomic E-state index is 0.0994. The van der Waals surface area contributed by atoms with E-state index in [1.807, 2.05) is 6.33 Å². The molecule has 4 aliphatic rings. The van der Waals surface area contributed by atoms with E-state index in [2.05, 4.69) is 35.5 Å². The van der Waals surface area contributed by atoms with Gasteiger partial charge in [-0.1, -0.05) is 0 Å². The average molecular weight is 259 g/mol. The zero-order chi connectivity index (χ0) is 13.3. The summed E-state index contributed by atoms with van der Waals surface area (Å²) in [6.45, 7) is 6.79. The van der Waals surface area contributed by atoms with E-state index < -0.39 is 0 Å². The standard InChI is InChI=1S/C16H25N3/c1-15(2,3)19-10-17-18-14(19)16-7-11-4-12(8-16)6-13(5-11)9-16/h10-13H,4-9H2,1-3H3. The summed E-state index contributed by atoms with van der Waals surface area (Å²) in [6.07, 6.45) is 10.5. The fraction of sp³-hybridized carbons (Fsp3) is 0.875. The summed E-state index contributed by atoms with van der Waals surface area (Å²) < 4.78 is 2.35. The van der Waals surface area contributed by atoms with E-state index in [-0.39, 0.29) is 5.54 Å². The molecule has 4 saturated carbocycles. The van der Waals surface area contributed by atoms with Crippen LogP contribution in [0.4, 0.5) is 0 Å². The molecule has 1 heterocycles. The molecule has 0 aliphatic heterocycles. The van der Waals surface area contributed by atoms with Crippen LogP contribution in [0.5, 0.6) is 0 Å². The Morgan fingerprint density at radius 1 is 1.05 bits per heavy atom. The summed E-state index contributed by atoms with van der Waals surface area (Å²) in [6, 6.07) is 0. The Morgan fingerprint density at radius 3 is 2.05 bits per heavy atom. The van der Waals surface area contributed by atoms with Crippen LogP contribution in [0, 0.1) is 17.8 Å². The van der Waals surface area contributed by atoms with Crippen molar-refractivity contribution in [3.63, 3.8) is 0 Å². The third kappa shape index (κ3) is 1.70. The molecule has 0 N–H and O–H groups in total. The van der Waals surface area contributed by atoms with Crippen molar-refractivity contribution in [2.24, 2.45) is 17.8 Å². The molecule has 1 aromatic heterocycles. The summed E-state index contributed by atoms with van der Waals surface area (Å²) >= 11 is 0. The third-order valence-corrected chi connectivity index (χ3v) is 5.78. The third-order valence-electron chi connectivity index (χ3n) is 5.78. The van der Waals surface area contributed by atoms with E-state index in [9.17, 15) is 0 Å². The Labute approximate surface area is 115 Å². The van der Waals surface area contributed by atoms with E-state index in [0.717, 1.165) is 17.8 Å². The van der Waals surface area contributed by atoms with Crippen molar-refractivity contribution in [1.82, 2.24) is 14.8 Å². The molecular weight excluding hydrogens is 234 g/mol. The van der Waals surface area contributed by atoms with Gasteiger partial charge in [-0.2, -0.15) is 0 Å². The second kappa shape index (κ2) is 3.62. The number of aromatic nitrogens is 3. The second-order valence-electron chi connectivity index (χ2n) is 8.39. The highest BCUT2D eigenvalue weighted by atomic mass is 15.3. The van der Waals surface area contributed by atoms with E-state index >= 15 is 0 Å². The van der Waals surface area contributed by atoms with E-state index in [1.165, 1.54) is 44.3 Å². The number of hydrogen-bond acceptors (Lipinski definition) is 2. The Morgan fingerprint density at radius 2 is 1.58 bits per heavy atom. The summed E-state index contributed by atoms with van der Waals surface area (Å²) in [5.74, 6) is 4.20. The van der Waals surface area contributed by atoms with Gasteiger partial charge in [0.25, 0.3) is 0 Å². The van der Waals surface area contributed by atoms with E-state index in [0.29, 0.717) is 5.41 Å². The molecule has 4 aliphatic carbocycles. The Balaban J connectivity index is 1.78. The fourth-order valence-electron chi connectivity index (χ4n) is 5.47. The maximum absolute atomic E-state index is 4.59. The Hall–Kier alpha value is -0.860. The van der Waals surface area contributed by atoms with E-state index in [4.69, 9.17) is 0 Å². The maximum Gasteiger partial charge on any atom is 0.139 e. The molecule has 3 heteroatoms. The molecule has 0 spiro atoms. The predicted molar refractivity (Wildman–Crippen MR) is 74.9 cm³/mol. The summed E-state index contributed by atoms with van der Waals surface area (Å²) in [5.41, 5.74) is 0.459. The largest absolute Gasteiger partial charge is 0.312 e.